The van der Waals surface area contributed by atoms with Gasteiger partial charge in [-0.25, -0.2) is 0 Å². The molecule has 4 aromatic carbocycles. The topological polar surface area (TPSA) is 86.9 Å². The van der Waals surface area contributed by atoms with Crippen LogP contribution in [0.25, 0.3) is 49.5 Å². The van der Waals surface area contributed by atoms with Crippen LogP contribution in [-0.4, -0.2) is 15.5 Å². The molecule has 0 radical (unpaired) electrons. The molecular formula is C28H20N4O. The molecule has 0 unspecified atom stereocenters. The molecule has 0 saturated carbocycles. The first kappa shape index (κ1) is 19.1. The standard InChI is InChI=1S/C28H20N4O/c29-23-15-19(12-13-21(23)28(30)33)32-25-10-4-2-7-22(25)27-20(8-5-11-26(27)32)18-14-17-6-1-3-9-24(17)31-16-18/h1-16H,29H2,(H2,30,33). The number of hydrogen-bond acceptors (Lipinski definition) is 3. The van der Waals surface area contributed by atoms with Gasteiger partial charge in [-0.15, -0.1) is 0 Å². The first-order valence-corrected chi connectivity index (χ1v) is 10.7. The maximum Gasteiger partial charge on any atom is 0.250 e. The Labute approximate surface area is 189 Å². The van der Waals surface area contributed by atoms with Gasteiger partial charge in [-0.1, -0.05) is 48.5 Å². The summed E-state index contributed by atoms with van der Waals surface area (Å²) in [6.45, 7) is 0. The minimum Gasteiger partial charge on any atom is -0.398 e. The highest BCUT2D eigenvalue weighted by Crippen LogP contribution is 2.39. The molecule has 6 rings (SSSR count). The fourth-order valence-electron chi connectivity index (χ4n) is 4.67. The number of nitrogens with two attached hydrogens (primary N) is 2. The summed E-state index contributed by atoms with van der Waals surface area (Å²) >= 11 is 0. The molecule has 5 heteroatoms. The number of benzene rings is 4. The average molecular weight is 428 g/mol. The summed E-state index contributed by atoms with van der Waals surface area (Å²) in [4.78, 5) is 16.3. The largest absolute Gasteiger partial charge is 0.398 e. The average Bonchev–Trinajstić information content (AvgIpc) is 3.18. The van der Waals surface area contributed by atoms with Gasteiger partial charge in [0.2, 0.25) is 0 Å². The number of aromatic nitrogens is 2. The number of pyridine rings is 1. The van der Waals surface area contributed by atoms with E-state index in [-0.39, 0.29) is 0 Å². The Morgan fingerprint density at radius 3 is 2.45 bits per heavy atom. The summed E-state index contributed by atoms with van der Waals surface area (Å²) in [6.07, 6.45) is 1.93. The molecular weight excluding hydrogens is 408 g/mol. The number of amides is 1. The Bertz CT molecular complexity index is 1710. The SMILES string of the molecule is NC(=O)c1ccc(-n2c3ccccc3c3c(-c4cnc5ccccc5c4)cccc32)cc1N. The number of nitrogens with zero attached hydrogens (tertiary/aromatic N) is 2. The Hall–Kier alpha value is -4.64. The molecule has 0 fully saturated rings. The van der Waals surface area contributed by atoms with Crippen LogP contribution in [0, 0.1) is 0 Å². The summed E-state index contributed by atoms with van der Waals surface area (Å²) in [5.74, 6) is -0.535. The maximum absolute atomic E-state index is 11.7. The van der Waals surface area contributed by atoms with Crippen LogP contribution in [0.3, 0.4) is 0 Å². The van der Waals surface area contributed by atoms with Crippen molar-refractivity contribution < 1.29 is 4.79 Å². The van der Waals surface area contributed by atoms with E-state index in [1.807, 2.05) is 42.6 Å². The van der Waals surface area contributed by atoms with E-state index in [0.717, 1.165) is 49.5 Å². The number of hydrogen-bond donors (Lipinski definition) is 2. The molecule has 33 heavy (non-hydrogen) atoms. The van der Waals surface area contributed by atoms with E-state index in [9.17, 15) is 4.79 Å². The van der Waals surface area contributed by atoms with Gasteiger partial charge in [-0.05, 0) is 48.0 Å². The van der Waals surface area contributed by atoms with E-state index >= 15 is 0 Å². The Kier molecular flexibility index (Phi) is 4.17. The van der Waals surface area contributed by atoms with Crippen LogP contribution in [0.15, 0.2) is 97.2 Å². The van der Waals surface area contributed by atoms with E-state index in [4.69, 9.17) is 11.5 Å². The van der Waals surface area contributed by atoms with Crippen molar-refractivity contribution in [1.82, 2.24) is 9.55 Å². The van der Waals surface area contributed by atoms with Crippen molar-refractivity contribution in [3.63, 3.8) is 0 Å². The third-order valence-electron chi connectivity index (χ3n) is 6.16. The van der Waals surface area contributed by atoms with Crippen LogP contribution in [0.1, 0.15) is 10.4 Å². The van der Waals surface area contributed by atoms with Gasteiger partial charge in [0.1, 0.15) is 0 Å². The molecule has 0 saturated heterocycles. The number of rotatable bonds is 3. The Morgan fingerprint density at radius 2 is 1.61 bits per heavy atom. The summed E-state index contributed by atoms with van der Waals surface area (Å²) in [7, 11) is 0. The number of primary amides is 1. The van der Waals surface area contributed by atoms with E-state index in [1.165, 1.54) is 0 Å². The predicted molar refractivity (Wildman–Crippen MR) is 134 cm³/mol. The van der Waals surface area contributed by atoms with Gasteiger partial charge in [0.05, 0.1) is 22.1 Å². The van der Waals surface area contributed by atoms with E-state index in [1.54, 1.807) is 12.1 Å². The van der Waals surface area contributed by atoms with Gasteiger partial charge in [0.25, 0.3) is 5.91 Å². The Morgan fingerprint density at radius 1 is 0.818 bits per heavy atom. The van der Waals surface area contributed by atoms with Crippen molar-refractivity contribution in [2.45, 2.75) is 0 Å². The number of nitrogen functional groups attached to an aromatic ring is 1. The molecule has 0 aliphatic heterocycles. The number of anilines is 1. The second-order valence-electron chi connectivity index (χ2n) is 8.10. The van der Waals surface area contributed by atoms with Crippen molar-refractivity contribution in [2.24, 2.45) is 5.73 Å². The molecule has 0 atom stereocenters. The molecule has 4 N–H and O–H groups in total. The van der Waals surface area contributed by atoms with Crippen molar-refractivity contribution in [1.29, 1.82) is 0 Å². The minimum absolute atomic E-state index is 0.322. The highest BCUT2D eigenvalue weighted by atomic mass is 16.1. The van der Waals surface area contributed by atoms with Gasteiger partial charge in [0, 0.05) is 39.3 Å². The summed E-state index contributed by atoms with van der Waals surface area (Å²) in [5.41, 5.74) is 18.4. The van der Waals surface area contributed by atoms with Gasteiger partial charge in [-0.3, -0.25) is 9.78 Å². The lowest BCUT2D eigenvalue weighted by atomic mass is 9.99. The van der Waals surface area contributed by atoms with Crippen LogP contribution >= 0.6 is 0 Å². The zero-order chi connectivity index (χ0) is 22.5. The molecule has 0 aliphatic rings. The molecule has 1 amide bonds. The third kappa shape index (κ3) is 2.94. The molecule has 5 nitrogen and oxygen atoms in total. The second kappa shape index (κ2) is 7.21. The van der Waals surface area contributed by atoms with Crippen LogP contribution < -0.4 is 11.5 Å². The van der Waals surface area contributed by atoms with Crippen LogP contribution in [-0.2, 0) is 0 Å². The van der Waals surface area contributed by atoms with Gasteiger partial charge < -0.3 is 16.0 Å². The molecule has 6 aromatic rings. The quantitative estimate of drug-likeness (QED) is 0.356. The molecule has 0 spiro atoms. The number of carbonyl (C=O) groups excluding carboxylic acids is 1. The van der Waals surface area contributed by atoms with Crippen molar-refractivity contribution in [3.8, 4) is 16.8 Å². The van der Waals surface area contributed by atoms with E-state index < -0.39 is 5.91 Å². The first-order chi connectivity index (χ1) is 16.1. The Balaban J connectivity index is 1.67. The molecule has 158 valence electrons. The third-order valence-corrected chi connectivity index (χ3v) is 6.16. The number of fused-ring (bicyclic) bond motifs is 4. The van der Waals surface area contributed by atoms with Crippen molar-refractivity contribution >= 4 is 44.3 Å². The highest BCUT2D eigenvalue weighted by molar-refractivity contribution is 6.16. The van der Waals surface area contributed by atoms with Gasteiger partial charge in [-0.2, -0.15) is 0 Å². The van der Waals surface area contributed by atoms with E-state index in [2.05, 4.69) is 52.0 Å². The maximum atomic E-state index is 11.7. The minimum atomic E-state index is -0.535. The normalized spacial score (nSPS) is 11.4. The molecule has 0 bridgehead atoms. The lowest BCUT2D eigenvalue weighted by Crippen LogP contribution is -2.13. The number of para-hydroxylation sites is 2. The molecule has 0 aliphatic carbocycles. The second-order valence-corrected chi connectivity index (χ2v) is 8.10. The summed E-state index contributed by atoms with van der Waals surface area (Å²) < 4.78 is 2.17. The predicted octanol–water partition coefficient (Wildman–Crippen LogP) is 5.68. The highest BCUT2D eigenvalue weighted by Gasteiger charge is 2.17. The summed E-state index contributed by atoms with van der Waals surface area (Å²) in [5, 5.41) is 3.38. The first-order valence-electron chi connectivity index (χ1n) is 10.7. The van der Waals surface area contributed by atoms with E-state index in [0.29, 0.717) is 11.3 Å². The lowest BCUT2D eigenvalue weighted by Gasteiger charge is -2.11. The lowest BCUT2D eigenvalue weighted by molar-refractivity contribution is 0.100. The monoisotopic (exact) mass is 428 g/mol. The van der Waals surface area contributed by atoms with Crippen LogP contribution in [0.5, 0.6) is 0 Å². The zero-order valence-electron chi connectivity index (χ0n) is 17.7. The molecule has 2 aromatic heterocycles. The molecule has 2 heterocycles. The fraction of sp³-hybridized carbons (Fsp3) is 0. The van der Waals surface area contributed by atoms with Gasteiger partial charge in [0.15, 0.2) is 0 Å². The van der Waals surface area contributed by atoms with Gasteiger partial charge >= 0.3 is 0 Å². The van der Waals surface area contributed by atoms with Crippen LogP contribution in [0.4, 0.5) is 5.69 Å². The zero-order valence-corrected chi connectivity index (χ0v) is 17.7. The summed E-state index contributed by atoms with van der Waals surface area (Å²) in [6, 6.07) is 30.3. The van der Waals surface area contributed by atoms with Crippen LogP contribution in [0.2, 0.25) is 0 Å². The fourth-order valence-corrected chi connectivity index (χ4v) is 4.67. The van der Waals surface area contributed by atoms with Crippen molar-refractivity contribution in [2.75, 3.05) is 5.73 Å². The van der Waals surface area contributed by atoms with Crippen molar-refractivity contribution in [3.05, 3.63) is 103 Å². The number of carbonyl (C=O) groups is 1. The smallest absolute Gasteiger partial charge is 0.250 e.